The molecule has 0 radical (unpaired) electrons. The van der Waals surface area contributed by atoms with E-state index in [1.54, 1.807) is 31.2 Å². The van der Waals surface area contributed by atoms with Gasteiger partial charge in [-0.05, 0) is 57.1 Å². The van der Waals surface area contributed by atoms with Gasteiger partial charge in [0.25, 0.3) is 5.91 Å². The van der Waals surface area contributed by atoms with Crippen LogP contribution in [0.3, 0.4) is 0 Å². The summed E-state index contributed by atoms with van der Waals surface area (Å²) in [6, 6.07) is 7.50. The van der Waals surface area contributed by atoms with Crippen LogP contribution in [0.5, 0.6) is 0 Å². The Morgan fingerprint density at radius 2 is 1.72 bits per heavy atom. The van der Waals surface area contributed by atoms with Crippen molar-refractivity contribution >= 4 is 41.0 Å². The third-order valence-corrected chi connectivity index (χ3v) is 10.7. The van der Waals surface area contributed by atoms with E-state index >= 15 is 0 Å². The number of amides is 3. The zero-order chi connectivity index (χ0) is 39.4. The zero-order valence-electron chi connectivity index (χ0n) is 32.7. The predicted molar refractivity (Wildman–Crippen MR) is 203 cm³/mol. The van der Waals surface area contributed by atoms with E-state index in [2.05, 4.69) is 15.6 Å². The predicted octanol–water partition coefficient (Wildman–Crippen LogP) is 4.15. The van der Waals surface area contributed by atoms with Gasteiger partial charge in [-0.3, -0.25) is 28.9 Å². The number of aromatic nitrogens is 1. The molecule has 0 saturated carbocycles. The Bertz CT molecular complexity index is 1520. The Hall–Kier alpha value is -3.88. The van der Waals surface area contributed by atoms with Crippen LogP contribution in [0.4, 0.5) is 0 Å². The Balaban J connectivity index is 1.80. The van der Waals surface area contributed by atoms with Crippen molar-refractivity contribution in [3.8, 4) is 0 Å². The van der Waals surface area contributed by atoms with E-state index < -0.39 is 48.1 Å². The number of ether oxygens (including phenoxy) is 2. The summed E-state index contributed by atoms with van der Waals surface area (Å²) in [6.45, 7) is 13.3. The highest BCUT2D eigenvalue weighted by Gasteiger charge is 2.38. The number of likely N-dealkylation sites (tertiary alicyclic amines) is 1. The molecular formula is C39H59N5O8S. The van der Waals surface area contributed by atoms with Crippen LogP contribution >= 0.6 is 11.3 Å². The number of esters is 2. The lowest BCUT2D eigenvalue weighted by atomic mass is 9.93. The Morgan fingerprint density at radius 3 is 2.32 bits per heavy atom. The van der Waals surface area contributed by atoms with Gasteiger partial charge in [0.2, 0.25) is 11.8 Å². The van der Waals surface area contributed by atoms with Crippen molar-refractivity contribution in [3.05, 3.63) is 52.0 Å². The van der Waals surface area contributed by atoms with Crippen LogP contribution in [0.15, 0.2) is 35.7 Å². The lowest BCUT2D eigenvalue weighted by molar-refractivity contribution is -0.149. The minimum atomic E-state index is -0.852. The molecule has 0 bridgehead atoms. The number of aliphatic hydroxyl groups excluding tert-OH is 1. The summed E-state index contributed by atoms with van der Waals surface area (Å²) in [5, 5.41) is 18.2. The summed E-state index contributed by atoms with van der Waals surface area (Å²) in [7, 11) is 3.52. The summed E-state index contributed by atoms with van der Waals surface area (Å²) in [5.74, 6) is -2.62. The van der Waals surface area contributed by atoms with Gasteiger partial charge in [0.05, 0.1) is 24.7 Å². The topological polar surface area (TPSA) is 167 Å². The third kappa shape index (κ3) is 12.9. The van der Waals surface area contributed by atoms with E-state index in [-0.39, 0.29) is 54.4 Å². The molecule has 2 heterocycles. The van der Waals surface area contributed by atoms with Crippen molar-refractivity contribution in [2.24, 2.45) is 17.8 Å². The molecule has 0 unspecified atom stereocenters. The van der Waals surface area contributed by atoms with E-state index in [1.807, 2.05) is 70.0 Å². The van der Waals surface area contributed by atoms with Crippen molar-refractivity contribution in [2.45, 2.75) is 117 Å². The number of rotatable bonds is 18. The number of nitrogens with one attached hydrogen (secondary N) is 2. The molecule has 1 aromatic carbocycles. The summed E-state index contributed by atoms with van der Waals surface area (Å²) >= 11 is 1.19. The van der Waals surface area contributed by atoms with Crippen LogP contribution in [0.1, 0.15) is 101 Å². The molecule has 0 aliphatic carbocycles. The number of benzene rings is 1. The second-order valence-electron chi connectivity index (χ2n) is 14.8. The van der Waals surface area contributed by atoms with Crippen LogP contribution in [0.25, 0.3) is 0 Å². The Labute approximate surface area is 318 Å². The van der Waals surface area contributed by atoms with Crippen LogP contribution in [0, 0.1) is 17.8 Å². The van der Waals surface area contributed by atoms with Gasteiger partial charge >= 0.3 is 11.9 Å². The highest BCUT2D eigenvalue weighted by Crippen LogP contribution is 2.31. The number of thiazole rings is 1. The first kappa shape index (κ1) is 43.5. The number of hydrogen-bond acceptors (Lipinski definition) is 11. The van der Waals surface area contributed by atoms with Crippen molar-refractivity contribution in [2.75, 3.05) is 27.2 Å². The number of carbonyl (C=O) groups excluding carboxylic acids is 5. The maximum Gasteiger partial charge on any atom is 0.308 e. The SMILES string of the molecule is CCOC(=O)[C@@H](C)C[C@H](Cc1ccccc1)NC(=O)c1csc([C@@H](C[C@H](C(C)C)N(C)C(=O)[C@@H](NC(=O)[C@H]2C[C@H](O)CCN2C)C(C)C)OC(C)=O)n1. The first-order valence-electron chi connectivity index (χ1n) is 18.6. The van der Waals surface area contributed by atoms with Gasteiger partial charge in [-0.1, -0.05) is 65.0 Å². The number of nitrogens with zero attached hydrogens (tertiary/aromatic N) is 3. The zero-order valence-corrected chi connectivity index (χ0v) is 33.5. The fourth-order valence-electron chi connectivity index (χ4n) is 6.71. The van der Waals surface area contributed by atoms with Gasteiger partial charge in [-0.2, -0.15) is 0 Å². The molecule has 13 nitrogen and oxygen atoms in total. The minimum Gasteiger partial charge on any atom is -0.466 e. The molecule has 1 saturated heterocycles. The quantitative estimate of drug-likeness (QED) is 0.188. The standard InChI is InChI=1S/C39H59N5O8S/c1-10-51-39(50)25(6)18-28(19-27-14-12-11-13-15-27)40-35(47)30-22-53-37(41-30)33(52-26(7)45)21-31(23(2)3)44(9)38(49)34(24(4)5)42-36(48)32-20-29(46)16-17-43(32)8/h11-15,22-25,28-29,31-34,46H,10,16-21H2,1-9H3,(H,40,47)(H,42,48)/t25-,28+,29+,31+,32+,33+,34-/m0/s1. The van der Waals surface area contributed by atoms with E-state index in [1.165, 1.54) is 18.3 Å². The van der Waals surface area contributed by atoms with Gasteiger partial charge in [-0.25, -0.2) is 4.98 Å². The van der Waals surface area contributed by atoms with Gasteiger partial charge < -0.3 is 30.1 Å². The van der Waals surface area contributed by atoms with Gasteiger partial charge in [0, 0.05) is 44.4 Å². The largest absolute Gasteiger partial charge is 0.466 e. The molecule has 53 heavy (non-hydrogen) atoms. The first-order valence-corrected chi connectivity index (χ1v) is 19.5. The molecule has 1 fully saturated rings. The molecule has 14 heteroatoms. The fraction of sp³-hybridized carbons (Fsp3) is 0.641. The van der Waals surface area contributed by atoms with Gasteiger partial charge in [0.15, 0.2) is 6.10 Å². The Morgan fingerprint density at radius 1 is 1.04 bits per heavy atom. The van der Waals surface area contributed by atoms with Crippen LogP contribution < -0.4 is 10.6 Å². The lowest BCUT2D eigenvalue weighted by Gasteiger charge is -2.38. The summed E-state index contributed by atoms with van der Waals surface area (Å²) in [5.41, 5.74) is 1.15. The first-order chi connectivity index (χ1) is 25.0. The molecule has 294 valence electrons. The van der Waals surface area contributed by atoms with Crippen molar-refractivity contribution < 1.29 is 38.6 Å². The monoisotopic (exact) mass is 757 g/mol. The van der Waals surface area contributed by atoms with E-state index in [0.29, 0.717) is 37.2 Å². The maximum atomic E-state index is 14.1. The van der Waals surface area contributed by atoms with Crippen LogP contribution in [0.2, 0.25) is 0 Å². The number of aliphatic hydroxyl groups is 1. The molecule has 3 rings (SSSR count). The molecular weight excluding hydrogens is 699 g/mol. The van der Waals surface area contributed by atoms with E-state index in [9.17, 15) is 29.1 Å². The molecule has 1 aromatic heterocycles. The molecule has 3 N–H and O–H groups in total. The lowest BCUT2D eigenvalue weighted by Crippen LogP contribution is -2.58. The minimum absolute atomic E-state index is 0.0759. The van der Waals surface area contributed by atoms with Gasteiger partial charge in [0.1, 0.15) is 16.7 Å². The highest BCUT2D eigenvalue weighted by molar-refractivity contribution is 7.09. The van der Waals surface area contributed by atoms with Crippen LogP contribution in [-0.2, 0) is 35.1 Å². The molecule has 1 aliphatic heterocycles. The number of likely N-dealkylation sites (N-methyl/N-ethyl adjacent to an activating group) is 2. The average Bonchev–Trinajstić information content (AvgIpc) is 3.60. The van der Waals surface area contributed by atoms with Crippen LogP contribution in [-0.4, -0.2) is 107 Å². The highest BCUT2D eigenvalue weighted by atomic mass is 32.1. The smallest absolute Gasteiger partial charge is 0.308 e. The van der Waals surface area contributed by atoms with Crippen molar-refractivity contribution in [3.63, 3.8) is 0 Å². The second kappa shape index (κ2) is 20.5. The van der Waals surface area contributed by atoms with E-state index in [0.717, 1.165) is 5.56 Å². The summed E-state index contributed by atoms with van der Waals surface area (Å²) in [4.78, 5) is 73.9. The molecule has 7 atom stereocenters. The normalized spacial score (nSPS) is 19.1. The Kier molecular flexibility index (Phi) is 16.9. The summed E-state index contributed by atoms with van der Waals surface area (Å²) < 4.78 is 11.0. The number of piperidine rings is 1. The maximum absolute atomic E-state index is 14.1. The van der Waals surface area contributed by atoms with Crippen molar-refractivity contribution in [1.82, 2.24) is 25.4 Å². The van der Waals surface area contributed by atoms with Crippen molar-refractivity contribution in [1.29, 1.82) is 0 Å². The number of hydrogen-bond donors (Lipinski definition) is 3. The second-order valence-corrected chi connectivity index (χ2v) is 15.7. The van der Waals surface area contributed by atoms with E-state index in [4.69, 9.17) is 9.47 Å². The molecule has 0 spiro atoms. The molecule has 3 amide bonds. The fourth-order valence-corrected chi connectivity index (χ4v) is 7.55. The molecule has 2 aromatic rings. The average molecular weight is 758 g/mol. The molecule has 1 aliphatic rings. The van der Waals surface area contributed by atoms with Gasteiger partial charge in [-0.15, -0.1) is 11.3 Å². The third-order valence-electron chi connectivity index (χ3n) is 9.77. The summed E-state index contributed by atoms with van der Waals surface area (Å²) in [6.07, 6.45) is 0.523. The number of carbonyl (C=O) groups is 5.